The van der Waals surface area contributed by atoms with Crippen LogP contribution in [0, 0.1) is 6.92 Å². The highest BCUT2D eigenvalue weighted by atomic mass is 16.3. The van der Waals surface area contributed by atoms with Crippen LogP contribution in [0.2, 0.25) is 0 Å². The minimum Gasteiger partial charge on any atom is -0.508 e. The maximum absolute atomic E-state index is 9.61. The molecule has 3 heteroatoms. The lowest BCUT2D eigenvalue weighted by Crippen LogP contribution is -2.16. The largest absolute Gasteiger partial charge is 0.508 e. The number of benzene rings is 1. The van der Waals surface area contributed by atoms with Crippen LogP contribution >= 0.6 is 0 Å². The van der Waals surface area contributed by atoms with Gasteiger partial charge in [-0.15, -0.1) is 0 Å². The number of hydrogen-bond donors (Lipinski definition) is 1. The maximum Gasteiger partial charge on any atom is 0.127 e. The van der Waals surface area contributed by atoms with E-state index >= 15 is 0 Å². The molecule has 2 aromatic rings. The average molecular weight is 258 g/mol. The van der Waals surface area contributed by atoms with E-state index in [1.807, 2.05) is 68.9 Å². The summed E-state index contributed by atoms with van der Waals surface area (Å²) in [7, 11) is 1.96. The normalized spacial score (nSPS) is 10.8. The molecule has 1 heterocycles. The Hall–Kier alpha value is -2.03. The van der Waals surface area contributed by atoms with Crippen molar-refractivity contribution in [3.63, 3.8) is 0 Å². The quantitative estimate of drug-likeness (QED) is 0.882. The van der Waals surface area contributed by atoms with E-state index in [-0.39, 0.29) is 0 Å². The van der Waals surface area contributed by atoms with Crippen LogP contribution in [0.25, 0.3) is 0 Å². The lowest BCUT2D eigenvalue weighted by Gasteiger charge is -2.02. The van der Waals surface area contributed by atoms with Gasteiger partial charge in [0.25, 0.3) is 0 Å². The predicted octanol–water partition coefficient (Wildman–Crippen LogP) is 3.17. The van der Waals surface area contributed by atoms with Gasteiger partial charge < -0.3 is 9.67 Å². The molecule has 19 heavy (non-hydrogen) atoms. The molecule has 0 amide bonds. The number of aromatic hydroxyl groups is 1. The van der Waals surface area contributed by atoms with Crippen molar-refractivity contribution in [2.45, 2.75) is 27.3 Å². The number of aromatic nitrogens is 1. The van der Waals surface area contributed by atoms with Gasteiger partial charge in [0.1, 0.15) is 11.2 Å². The number of nitrogens with zero attached hydrogens (tertiary/aromatic N) is 2. The fourth-order valence-corrected chi connectivity index (χ4v) is 1.60. The zero-order valence-corrected chi connectivity index (χ0v) is 12.1. The molecule has 0 bridgehead atoms. The Morgan fingerprint density at radius 1 is 1.16 bits per heavy atom. The summed E-state index contributed by atoms with van der Waals surface area (Å²) in [5.41, 5.74) is 2.82. The van der Waals surface area contributed by atoms with Gasteiger partial charge in [-0.2, -0.15) is 0 Å². The van der Waals surface area contributed by atoms with Crippen molar-refractivity contribution in [3.8, 4) is 5.75 Å². The maximum atomic E-state index is 9.61. The van der Waals surface area contributed by atoms with E-state index in [0.717, 1.165) is 16.6 Å². The van der Waals surface area contributed by atoms with Crippen LogP contribution in [-0.4, -0.2) is 9.67 Å². The molecule has 0 saturated carbocycles. The van der Waals surface area contributed by atoms with Gasteiger partial charge >= 0.3 is 0 Å². The SMILES string of the molecule is CC.Cc1ccc(CN=c2ccccn2C)cc1O. The average Bonchev–Trinajstić information content (AvgIpc) is 2.44. The first-order valence-electron chi connectivity index (χ1n) is 6.57. The second kappa shape index (κ2) is 7.41. The van der Waals surface area contributed by atoms with Gasteiger partial charge in [-0.05, 0) is 36.2 Å². The number of pyridine rings is 1. The Morgan fingerprint density at radius 2 is 1.89 bits per heavy atom. The molecule has 0 aliphatic carbocycles. The molecule has 0 aliphatic rings. The summed E-state index contributed by atoms with van der Waals surface area (Å²) >= 11 is 0. The molecule has 0 unspecified atom stereocenters. The van der Waals surface area contributed by atoms with E-state index in [4.69, 9.17) is 0 Å². The van der Waals surface area contributed by atoms with Gasteiger partial charge in [0.2, 0.25) is 0 Å². The van der Waals surface area contributed by atoms with Crippen LogP contribution in [0.15, 0.2) is 47.6 Å². The monoisotopic (exact) mass is 258 g/mol. The first-order chi connectivity index (χ1) is 9.16. The minimum absolute atomic E-state index is 0.329. The van der Waals surface area contributed by atoms with Crippen molar-refractivity contribution in [1.82, 2.24) is 4.57 Å². The third kappa shape index (κ3) is 4.28. The summed E-state index contributed by atoms with van der Waals surface area (Å²) in [6.07, 6.45) is 1.96. The van der Waals surface area contributed by atoms with Crippen LogP contribution in [0.5, 0.6) is 5.75 Å². The highest BCUT2D eigenvalue weighted by Crippen LogP contribution is 2.17. The fourth-order valence-electron chi connectivity index (χ4n) is 1.60. The van der Waals surface area contributed by atoms with Crippen molar-refractivity contribution >= 4 is 0 Å². The van der Waals surface area contributed by atoms with Crippen LogP contribution in [0.1, 0.15) is 25.0 Å². The Kier molecular flexibility index (Phi) is 5.86. The van der Waals surface area contributed by atoms with Crippen LogP contribution in [0.4, 0.5) is 0 Å². The van der Waals surface area contributed by atoms with Crippen molar-refractivity contribution < 1.29 is 5.11 Å². The second-order valence-corrected chi connectivity index (χ2v) is 4.11. The number of aryl methyl sites for hydroxylation is 2. The van der Waals surface area contributed by atoms with E-state index in [9.17, 15) is 5.11 Å². The molecule has 1 aromatic carbocycles. The number of phenols is 1. The Morgan fingerprint density at radius 3 is 2.53 bits per heavy atom. The van der Waals surface area contributed by atoms with Gasteiger partial charge in [0, 0.05) is 13.2 Å². The zero-order chi connectivity index (χ0) is 14.3. The Balaban J connectivity index is 0.000000861. The molecule has 1 aromatic heterocycles. The number of hydrogen-bond acceptors (Lipinski definition) is 2. The summed E-state index contributed by atoms with van der Waals surface area (Å²) in [6, 6.07) is 11.6. The third-order valence-corrected chi connectivity index (χ3v) is 2.72. The van der Waals surface area contributed by atoms with E-state index in [1.165, 1.54) is 0 Å². The topological polar surface area (TPSA) is 37.5 Å². The molecule has 0 fully saturated rings. The molecule has 2 rings (SSSR count). The van der Waals surface area contributed by atoms with Crippen LogP contribution < -0.4 is 5.49 Å². The van der Waals surface area contributed by atoms with Gasteiger partial charge in [-0.3, -0.25) is 4.99 Å². The van der Waals surface area contributed by atoms with E-state index in [2.05, 4.69) is 4.99 Å². The van der Waals surface area contributed by atoms with E-state index in [1.54, 1.807) is 6.07 Å². The molecule has 1 N–H and O–H groups in total. The molecule has 3 nitrogen and oxygen atoms in total. The standard InChI is InChI=1S/C14H16N2O.C2H6/c1-11-6-7-12(9-13(11)17)10-15-14-5-3-4-8-16(14)2;1-2/h3-9,17H,10H2,1-2H3;1-2H3. The molecule has 0 aliphatic heterocycles. The van der Waals surface area contributed by atoms with Crippen molar-refractivity contribution in [1.29, 1.82) is 0 Å². The second-order valence-electron chi connectivity index (χ2n) is 4.11. The Bertz CT molecular complexity index is 585. The molecule has 0 radical (unpaired) electrons. The number of phenolic OH excluding ortho intramolecular Hbond substituents is 1. The highest BCUT2D eigenvalue weighted by Gasteiger charge is 1.97. The first kappa shape index (κ1) is 15.0. The summed E-state index contributed by atoms with van der Waals surface area (Å²) in [5, 5.41) is 9.61. The highest BCUT2D eigenvalue weighted by molar-refractivity contribution is 5.35. The summed E-state index contributed by atoms with van der Waals surface area (Å²) in [4.78, 5) is 4.50. The zero-order valence-electron chi connectivity index (χ0n) is 12.1. The van der Waals surface area contributed by atoms with E-state index < -0.39 is 0 Å². The summed E-state index contributed by atoms with van der Waals surface area (Å²) < 4.78 is 1.97. The lowest BCUT2D eigenvalue weighted by molar-refractivity contribution is 0.470. The molecular formula is C16H22N2O. The molecule has 0 spiro atoms. The molecule has 0 atom stereocenters. The summed E-state index contributed by atoms with van der Waals surface area (Å²) in [6.45, 7) is 6.46. The lowest BCUT2D eigenvalue weighted by atomic mass is 10.1. The number of rotatable bonds is 2. The van der Waals surface area contributed by atoms with Crippen LogP contribution in [0.3, 0.4) is 0 Å². The summed E-state index contributed by atoms with van der Waals surface area (Å²) in [5.74, 6) is 0.329. The van der Waals surface area contributed by atoms with Crippen molar-refractivity contribution in [2.75, 3.05) is 0 Å². The predicted molar refractivity (Wildman–Crippen MR) is 78.9 cm³/mol. The van der Waals surface area contributed by atoms with Gasteiger partial charge in [-0.1, -0.05) is 32.0 Å². The van der Waals surface area contributed by atoms with E-state index in [0.29, 0.717) is 12.3 Å². The van der Waals surface area contributed by atoms with Gasteiger partial charge in [-0.25, -0.2) is 0 Å². The molecule has 102 valence electrons. The van der Waals surface area contributed by atoms with Gasteiger partial charge in [0.05, 0.1) is 6.54 Å². The van der Waals surface area contributed by atoms with Crippen molar-refractivity contribution in [3.05, 3.63) is 59.2 Å². The van der Waals surface area contributed by atoms with Crippen LogP contribution in [-0.2, 0) is 13.6 Å². The smallest absolute Gasteiger partial charge is 0.127 e. The fraction of sp³-hybridized carbons (Fsp3) is 0.312. The first-order valence-corrected chi connectivity index (χ1v) is 6.57. The third-order valence-electron chi connectivity index (χ3n) is 2.72. The molecule has 0 saturated heterocycles. The van der Waals surface area contributed by atoms with Crippen molar-refractivity contribution in [2.24, 2.45) is 12.0 Å². The van der Waals surface area contributed by atoms with Gasteiger partial charge in [0.15, 0.2) is 0 Å². The minimum atomic E-state index is 0.329. The Labute approximate surface area is 114 Å². The molecular weight excluding hydrogens is 236 g/mol.